The molecule has 0 aromatic heterocycles. The van der Waals surface area contributed by atoms with Gasteiger partial charge < -0.3 is 0 Å². The number of halogens is 2. The molecule has 0 bridgehead atoms. The van der Waals surface area contributed by atoms with E-state index in [-0.39, 0.29) is 5.75 Å². The Morgan fingerprint density at radius 2 is 2.09 bits per heavy atom. The predicted octanol–water partition coefficient (Wildman–Crippen LogP) is 0.930. The van der Waals surface area contributed by atoms with Crippen molar-refractivity contribution in [2.75, 3.05) is 23.5 Å². The standard InChI is InChI=1S/C5H11BrClNO2S/c6-2-4-8-11(9,10)5-1-3-7/h8H,1-5H2. The van der Waals surface area contributed by atoms with Gasteiger partial charge >= 0.3 is 0 Å². The highest BCUT2D eigenvalue weighted by molar-refractivity contribution is 9.09. The van der Waals surface area contributed by atoms with E-state index in [1.165, 1.54) is 0 Å². The highest BCUT2D eigenvalue weighted by Crippen LogP contribution is 1.91. The first-order chi connectivity index (χ1) is 5.12. The van der Waals surface area contributed by atoms with Crippen LogP contribution in [0.1, 0.15) is 6.42 Å². The number of rotatable bonds is 6. The Labute approximate surface area is 80.7 Å². The van der Waals surface area contributed by atoms with Gasteiger partial charge in [0.15, 0.2) is 0 Å². The van der Waals surface area contributed by atoms with Crippen LogP contribution in [-0.2, 0) is 10.0 Å². The van der Waals surface area contributed by atoms with Crippen LogP contribution in [0.2, 0.25) is 0 Å². The topological polar surface area (TPSA) is 46.2 Å². The maximum absolute atomic E-state index is 11.0. The molecule has 0 saturated carbocycles. The van der Waals surface area contributed by atoms with Crippen molar-refractivity contribution < 1.29 is 8.42 Å². The van der Waals surface area contributed by atoms with E-state index in [1.54, 1.807) is 0 Å². The van der Waals surface area contributed by atoms with Crippen molar-refractivity contribution in [3.63, 3.8) is 0 Å². The van der Waals surface area contributed by atoms with Crippen LogP contribution >= 0.6 is 27.5 Å². The zero-order valence-electron chi connectivity index (χ0n) is 6.02. The second-order valence-electron chi connectivity index (χ2n) is 1.94. The fourth-order valence-electron chi connectivity index (χ4n) is 0.511. The van der Waals surface area contributed by atoms with E-state index in [2.05, 4.69) is 20.7 Å². The number of hydrogen-bond donors (Lipinski definition) is 1. The monoisotopic (exact) mass is 263 g/mol. The summed E-state index contributed by atoms with van der Waals surface area (Å²) in [5.74, 6) is 0.499. The summed E-state index contributed by atoms with van der Waals surface area (Å²) in [5, 5.41) is 0.632. The summed E-state index contributed by atoms with van der Waals surface area (Å²) in [6, 6.07) is 0. The SMILES string of the molecule is O=S(=O)(CCCCl)NCCBr. The zero-order valence-corrected chi connectivity index (χ0v) is 9.17. The van der Waals surface area contributed by atoms with Crippen LogP contribution in [0, 0.1) is 0 Å². The van der Waals surface area contributed by atoms with Gasteiger partial charge in [-0.15, -0.1) is 11.6 Å². The van der Waals surface area contributed by atoms with Crippen LogP contribution in [0.5, 0.6) is 0 Å². The second-order valence-corrected chi connectivity index (χ2v) is 5.04. The minimum Gasteiger partial charge on any atom is -0.214 e. The molecule has 68 valence electrons. The lowest BCUT2D eigenvalue weighted by molar-refractivity contribution is 0.583. The Balaban J connectivity index is 3.63. The predicted molar refractivity (Wildman–Crippen MR) is 50.9 cm³/mol. The summed E-state index contributed by atoms with van der Waals surface area (Å²) in [4.78, 5) is 0. The molecule has 0 aromatic carbocycles. The quantitative estimate of drug-likeness (QED) is 0.726. The van der Waals surface area contributed by atoms with E-state index in [1.807, 2.05) is 0 Å². The highest BCUT2D eigenvalue weighted by Gasteiger charge is 2.06. The van der Waals surface area contributed by atoms with E-state index in [0.29, 0.717) is 24.2 Å². The van der Waals surface area contributed by atoms with E-state index < -0.39 is 10.0 Å². The van der Waals surface area contributed by atoms with Crippen LogP contribution in [0.4, 0.5) is 0 Å². The fourth-order valence-corrected chi connectivity index (χ4v) is 2.35. The van der Waals surface area contributed by atoms with Crippen molar-refractivity contribution in [2.45, 2.75) is 6.42 Å². The second kappa shape index (κ2) is 6.22. The first-order valence-electron chi connectivity index (χ1n) is 3.21. The molecule has 0 saturated heterocycles. The molecule has 0 heterocycles. The van der Waals surface area contributed by atoms with Crippen LogP contribution in [0.25, 0.3) is 0 Å². The van der Waals surface area contributed by atoms with Gasteiger partial charge in [-0.2, -0.15) is 0 Å². The number of nitrogens with one attached hydrogen (secondary N) is 1. The van der Waals surface area contributed by atoms with Gasteiger partial charge in [-0.05, 0) is 6.42 Å². The van der Waals surface area contributed by atoms with E-state index >= 15 is 0 Å². The summed E-state index contributed by atoms with van der Waals surface area (Å²) < 4.78 is 24.3. The highest BCUT2D eigenvalue weighted by atomic mass is 79.9. The molecule has 11 heavy (non-hydrogen) atoms. The zero-order chi connectivity index (χ0) is 8.74. The normalized spacial score (nSPS) is 11.8. The van der Waals surface area contributed by atoms with Crippen LogP contribution < -0.4 is 4.72 Å². The van der Waals surface area contributed by atoms with Gasteiger partial charge in [0.05, 0.1) is 5.75 Å². The molecule has 6 heteroatoms. The van der Waals surface area contributed by atoms with Gasteiger partial charge in [0.1, 0.15) is 0 Å². The smallest absolute Gasteiger partial charge is 0.211 e. The maximum atomic E-state index is 11.0. The molecule has 0 spiro atoms. The van der Waals surface area contributed by atoms with Crippen molar-refractivity contribution >= 4 is 37.6 Å². The minimum atomic E-state index is -3.07. The first kappa shape index (κ1) is 11.7. The maximum Gasteiger partial charge on any atom is 0.211 e. The van der Waals surface area contributed by atoms with Crippen LogP contribution in [0.3, 0.4) is 0 Å². The Hall–Kier alpha value is 0.680. The largest absolute Gasteiger partial charge is 0.214 e. The Kier molecular flexibility index (Phi) is 6.61. The molecule has 0 aliphatic rings. The number of hydrogen-bond acceptors (Lipinski definition) is 2. The summed E-state index contributed by atoms with van der Waals surface area (Å²) >= 11 is 8.46. The van der Waals surface area contributed by atoms with Gasteiger partial charge in [0.25, 0.3) is 0 Å². The van der Waals surface area contributed by atoms with Gasteiger partial charge in [-0.1, -0.05) is 15.9 Å². The number of sulfonamides is 1. The van der Waals surface area contributed by atoms with Crippen molar-refractivity contribution in [2.24, 2.45) is 0 Å². The van der Waals surface area contributed by atoms with Crippen LogP contribution in [-0.4, -0.2) is 31.9 Å². The molecule has 0 unspecified atom stereocenters. The van der Waals surface area contributed by atoms with E-state index in [9.17, 15) is 8.42 Å². The summed E-state index contributed by atoms with van der Waals surface area (Å²) in [5.41, 5.74) is 0. The lowest BCUT2D eigenvalue weighted by atomic mass is 10.6. The minimum absolute atomic E-state index is 0.115. The van der Waals surface area contributed by atoms with E-state index in [4.69, 9.17) is 11.6 Å². The Morgan fingerprint density at radius 3 is 2.55 bits per heavy atom. The third-order valence-electron chi connectivity index (χ3n) is 0.963. The Morgan fingerprint density at radius 1 is 1.45 bits per heavy atom. The van der Waals surface area contributed by atoms with Crippen molar-refractivity contribution in [3.8, 4) is 0 Å². The summed E-state index contributed by atoms with van der Waals surface area (Å²) in [7, 11) is -3.07. The molecule has 0 atom stereocenters. The van der Waals surface area contributed by atoms with Crippen molar-refractivity contribution in [3.05, 3.63) is 0 Å². The van der Waals surface area contributed by atoms with Gasteiger partial charge in [0, 0.05) is 17.8 Å². The average molecular weight is 265 g/mol. The molecule has 0 rings (SSSR count). The molecule has 0 radical (unpaired) electrons. The average Bonchev–Trinajstić information content (AvgIpc) is 1.97. The molecular weight excluding hydrogens is 253 g/mol. The summed E-state index contributed by atoms with van der Waals surface area (Å²) in [6.07, 6.45) is 0.499. The van der Waals surface area contributed by atoms with Crippen LogP contribution in [0.15, 0.2) is 0 Å². The summed E-state index contributed by atoms with van der Waals surface area (Å²) in [6.45, 7) is 0.435. The van der Waals surface area contributed by atoms with Crippen molar-refractivity contribution in [1.29, 1.82) is 0 Å². The third-order valence-corrected chi connectivity index (χ3v) is 3.10. The van der Waals surface area contributed by atoms with Gasteiger partial charge in [-0.3, -0.25) is 0 Å². The lowest BCUT2D eigenvalue weighted by Gasteiger charge is -2.02. The number of alkyl halides is 2. The molecule has 0 aliphatic carbocycles. The van der Waals surface area contributed by atoms with Gasteiger partial charge in [-0.25, -0.2) is 13.1 Å². The molecule has 1 N–H and O–H groups in total. The molecule has 0 fully saturated rings. The fraction of sp³-hybridized carbons (Fsp3) is 1.00. The first-order valence-corrected chi connectivity index (χ1v) is 6.52. The molecule has 0 aromatic rings. The van der Waals surface area contributed by atoms with Gasteiger partial charge in [0.2, 0.25) is 10.0 Å². The third kappa shape index (κ3) is 7.05. The molecular formula is C5H11BrClNO2S. The Bertz CT molecular complexity index is 169. The lowest BCUT2D eigenvalue weighted by Crippen LogP contribution is -2.28. The molecule has 0 aliphatic heterocycles. The van der Waals surface area contributed by atoms with Crippen molar-refractivity contribution in [1.82, 2.24) is 4.72 Å². The van der Waals surface area contributed by atoms with E-state index in [0.717, 1.165) is 0 Å². The molecule has 3 nitrogen and oxygen atoms in total. The molecule has 0 amide bonds.